The number of aromatic amines is 1. The van der Waals surface area contributed by atoms with Gasteiger partial charge in [0.05, 0.1) is 11.4 Å². The highest BCUT2D eigenvalue weighted by molar-refractivity contribution is 7.11. The topological polar surface area (TPSA) is 119 Å². The van der Waals surface area contributed by atoms with E-state index in [1.54, 1.807) is 11.3 Å². The fraction of sp³-hybridized carbons (Fsp3) is 0.762. The van der Waals surface area contributed by atoms with Crippen LogP contribution in [0.15, 0.2) is 21.2 Å². The Kier molecular flexibility index (Phi) is 14.7. The molecule has 0 radical (unpaired) electrons. The van der Waals surface area contributed by atoms with E-state index in [1.165, 1.54) is 0 Å². The number of nitrogens with zero attached hydrogens (tertiary/aromatic N) is 6. The van der Waals surface area contributed by atoms with Crippen molar-refractivity contribution in [2.75, 3.05) is 0 Å². The van der Waals surface area contributed by atoms with Crippen molar-refractivity contribution in [3.63, 3.8) is 0 Å². The Balaban J connectivity index is 0.000000347. The Morgan fingerprint density at radius 2 is 0.788 bits per heavy atom. The fourth-order valence-electron chi connectivity index (χ4n) is 3.73. The van der Waals surface area contributed by atoms with Crippen molar-refractivity contribution >= 4 is 11.3 Å². The molecule has 0 fully saturated rings. The van der Waals surface area contributed by atoms with Crippen molar-refractivity contribution in [2.24, 2.45) is 0 Å². The molecule has 0 saturated carbocycles. The molecule has 0 aliphatic carbocycles. The van der Waals surface area contributed by atoms with E-state index in [2.05, 4.69) is 214 Å². The zero-order chi connectivity index (χ0) is 41.1. The van der Waals surface area contributed by atoms with Crippen LogP contribution in [0.5, 0.6) is 0 Å². The first kappa shape index (κ1) is 47.1. The minimum absolute atomic E-state index is 0.0278. The molecule has 4 heterocycles. The predicted molar refractivity (Wildman–Crippen MR) is 219 cm³/mol. The second-order valence-electron chi connectivity index (χ2n) is 22.1. The zero-order valence-electron chi connectivity index (χ0n) is 37.6. The summed E-state index contributed by atoms with van der Waals surface area (Å²) < 4.78 is 10.6. The molecule has 4 aromatic heterocycles. The molecular weight excluding hydrogens is 667 g/mol. The minimum Gasteiger partial charge on any atom is -0.361 e. The van der Waals surface area contributed by atoms with Crippen molar-refractivity contribution in [3.05, 3.63) is 56.7 Å². The van der Waals surface area contributed by atoms with Gasteiger partial charge in [-0.15, -0.1) is 21.5 Å². The molecule has 0 aliphatic rings. The number of aromatic nitrogens is 7. The van der Waals surface area contributed by atoms with Crippen LogP contribution in [0.2, 0.25) is 0 Å². The molecule has 0 atom stereocenters. The number of hydrogen-bond donors (Lipinski definition) is 1. The van der Waals surface area contributed by atoms with Crippen molar-refractivity contribution in [2.45, 2.75) is 209 Å². The third kappa shape index (κ3) is 15.2. The van der Waals surface area contributed by atoms with Gasteiger partial charge in [0.1, 0.15) is 27.4 Å². The summed E-state index contributed by atoms with van der Waals surface area (Å²) in [5, 5.41) is 26.1. The van der Waals surface area contributed by atoms with E-state index in [1.807, 2.05) is 0 Å². The quantitative estimate of drug-likeness (QED) is 0.189. The van der Waals surface area contributed by atoms with Crippen LogP contribution in [0.1, 0.15) is 211 Å². The van der Waals surface area contributed by atoms with Crippen LogP contribution in [0.25, 0.3) is 0 Å². The average molecular weight is 742 g/mol. The van der Waals surface area contributed by atoms with Crippen LogP contribution in [0.4, 0.5) is 0 Å². The van der Waals surface area contributed by atoms with Crippen LogP contribution in [-0.4, -0.2) is 35.7 Å². The summed E-state index contributed by atoms with van der Waals surface area (Å²) in [6.45, 7) is 51.3. The van der Waals surface area contributed by atoms with Gasteiger partial charge in [0.2, 0.25) is 0 Å². The lowest BCUT2D eigenvalue weighted by Crippen LogP contribution is -2.16. The highest BCUT2D eigenvalue weighted by Gasteiger charge is 2.27. The van der Waals surface area contributed by atoms with Gasteiger partial charge in [-0.3, -0.25) is 5.10 Å². The van der Waals surface area contributed by atoms with Gasteiger partial charge in [0.15, 0.2) is 5.82 Å². The fourth-order valence-corrected chi connectivity index (χ4v) is 4.69. The third-order valence-electron chi connectivity index (χ3n) is 7.61. The van der Waals surface area contributed by atoms with Crippen LogP contribution in [-0.2, 0) is 43.3 Å². The van der Waals surface area contributed by atoms with Crippen LogP contribution < -0.4 is 0 Å². The smallest absolute Gasteiger partial charge is 0.156 e. The normalized spacial score (nSPS) is 13.4. The van der Waals surface area contributed by atoms with Gasteiger partial charge in [-0.2, -0.15) is 5.10 Å². The van der Waals surface area contributed by atoms with E-state index in [9.17, 15) is 0 Å². The SMILES string of the molecule is CC(C)(C)c1cc(C(C)(C)C)on1.CC(C)(C)c1cc(C(C)(C)C)on1.CC(C)(C)c1n[nH]c(C(C)(C)C)n1.CC(C)(C)c1nnc(C(C)(C)C)s1. The first-order valence-corrected chi connectivity index (χ1v) is 19.4. The van der Waals surface area contributed by atoms with E-state index < -0.39 is 0 Å². The number of hydrogen-bond acceptors (Lipinski definition) is 9. The lowest BCUT2D eigenvalue weighted by molar-refractivity contribution is 0.319. The Labute approximate surface area is 321 Å². The monoisotopic (exact) mass is 742 g/mol. The van der Waals surface area contributed by atoms with E-state index >= 15 is 0 Å². The van der Waals surface area contributed by atoms with Gasteiger partial charge < -0.3 is 9.05 Å². The third-order valence-corrected chi connectivity index (χ3v) is 9.39. The maximum Gasteiger partial charge on any atom is 0.156 e. The van der Waals surface area contributed by atoms with Crippen molar-refractivity contribution in [1.29, 1.82) is 0 Å². The number of rotatable bonds is 0. The molecule has 0 saturated heterocycles. The van der Waals surface area contributed by atoms with Crippen LogP contribution >= 0.6 is 11.3 Å². The minimum atomic E-state index is 0.0278. The largest absolute Gasteiger partial charge is 0.361 e. The first-order valence-electron chi connectivity index (χ1n) is 18.6. The highest BCUT2D eigenvalue weighted by Crippen LogP contribution is 2.32. The summed E-state index contributed by atoms with van der Waals surface area (Å²) in [6, 6.07) is 4.11. The van der Waals surface area contributed by atoms with Crippen molar-refractivity contribution in [1.82, 2.24) is 35.7 Å². The second-order valence-corrected chi connectivity index (χ2v) is 23.1. The average Bonchev–Trinajstić information content (AvgIpc) is 3.72. The van der Waals surface area contributed by atoms with E-state index in [-0.39, 0.29) is 43.3 Å². The standard InChI is InChI=1S/2C11H19NO.C10H19N3.C10H18N2S/c2*1-10(2,3)8-7-9(13-12-8)11(4,5)6;1-9(2,3)7-11-8(13-12-7)10(4,5)6;1-9(2,3)7-11-12-8(13-7)10(4,5)6/h2*7H,1-6H3;1-6H3,(H,11,12,13);1-6H3. The van der Waals surface area contributed by atoms with Crippen molar-refractivity contribution < 1.29 is 9.05 Å². The second kappa shape index (κ2) is 16.2. The lowest BCUT2D eigenvalue weighted by atomic mass is 9.88. The summed E-state index contributed by atoms with van der Waals surface area (Å²) in [4.78, 5) is 4.49. The van der Waals surface area contributed by atoms with Gasteiger partial charge in [0, 0.05) is 55.5 Å². The van der Waals surface area contributed by atoms with Gasteiger partial charge in [-0.1, -0.05) is 176 Å². The maximum absolute atomic E-state index is 5.31. The van der Waals surface area contributed by atoms with E-state index in [4.69, 9.17) is 9.05 Å². The Bertz CT molecular complexity index is 1290. The van der Waals surface area contributed by atoms with Gasteiger partial charge >= 0.3 is 0 Å². The molecular formula is C42H75N7O2S. The molecule has 4 rings (SSSR count). The van der Waals surface area contributed by atoms with E-state index in [0.717, 1.165) is 44.6 Å². The highest BCUT2D eigenvalue weighted by atomic mass is 32.1. The first-order chi connectivity index (χ1) is 22.8. The summed E-state index contributed by atoms with van der Waals surface area (Å²) in [5.74, 6) is 3.75. The molecule has 0 aliphatic heterocycles. The molecule has 10 heteroatoms. The summed E-state index contributed by atoms with van der Waals surface area (Å²) in [6.07, 6.45) is 0. The number of H-pyrrole nitrogens is 1. The molecule has 296 valence electrons. The Hall–Kier alpha value is -2.88. The maximum atomic E-state index is 5.31. The summed E-state index contributed by atoms with van der Waals surface area (Å²) in [7, 11) is 0. The summed E-state index contributed by atoms with van der Waals surface area (Å²) in [5.41, 5.74) is 2.64. The molecule has 0 unspecified atom stereocenters. The van der Waals surface area contributed by atoms with Crippen LogP contribution in [0.3, 0.4) is 0 Å². The molecule has 9 nitrogen and oxygen atoms in total. The van der Waals surface area contributed by atoms with E-state index in [0.29, 0.717) is 0 Å². The summed E-state index contributed by atoms with van der Waals surface area (Å²) >= 11 is 1.72. The molecule has 0 bridgehead atoms. The molecule has 52 heavy (non-hydrogen) atoms. The predicted octanol–water partition coefficient (Wildman–Crippen LogP) is 12.1. The van der Waals surface area contributed by atoms with Gasteiger partial charge in [-0.05, 0) is 0 Å². The molecule has 0 aromatic carbocycles. The molecule has 0 amide bonds. The molecule has 4 aromatic rings. The Morgan fingerprint density at radius 3 is 0.942 bits per heavy atom. The van der Waals surface area contributed by atoms with Gasteiger partial charge in [-0.25, -0.2) is 4.98 Å². The van der Waals surface area contributed by atoms with Crippen LogP contribution in [0, 0.1) is 0 Å². The Morgan fingerprint density at radius 1 is 0.442 bits per heavy atom. The zero-order valence-corrected chi connectivity index (χ0v) is 38.4. The lowest BCUT2D eigenvalue weighted by Gasteiger charge is -2.15. The molecule has 1 N–H and O–H groups in total. The van der Waals surface area contributed by atoms with Crippen molar-refractivity contribution in [3.8, 4) is 0 Å². The molecule has 0 spiro atoms. The number of nitrogens with one attached hydrogen (secondary N) is 1. The van der Waals surface area contributed by atoms with Gasteiger partial charge in [0.25, 0.3) is 0 Å².